The van der Waals surface area contributed by atoms with E-state index in [4.69, 9.17) is 23.2 Å². The molecular formula is C16H17Cl2NO. The number of anilines is 1. The maximum absolute atomic E-state index is 12.4. The maximum Gasteiger partial charge on any atom is 0.228 e. The highest BCUT2D eigenvalue weighted by molar-refractivity contribution is 6.39. The number of halogens is 2. The van der Waals surface area contributed by atoms with E-state index in [0.717, 1.165) is 12.8 Å². The standard InChI is InChI=1S/C16H17Cl2NO/c17-12-8-5-9-13(18)15(12)19-16(20)14-10-6-3-1-2-4-7-11(10)14/h3,5-6,8-11,14H,1-2,4,7H2,(H,19,20)/b6-3-/t10-,11+,14+/m0/s1. The summed E-state index contributed by atoms with van der Waals surface area (Å²) in [5, 5.41) is 3.87. The van der Waals surface area contributed by atoms with Gasteiger partial charge in [-0.1, -0.05) is 47.8 Å². The van der Waals surface area contributed by atoms with Crippen LogP contribution in [-0.4, -0.2) is 5.91 Å². The van der Waals surface area contributed by atoms with Crippen molar-refractivity contribution in [2.75, 3.05) is 5.32 Å². The third-order valence-electron chi connectivity index (χ3n) is 4.26. The minimum atomic E-state index is 0.0431. The molecule has 2 nitrogen and oxygen atoms in total. The fourth-order valence-corrected chi connectivity index (χ4v) is 3.62. The minimum absolute atomic E-state index is 0.0431. The molecule has 1 aromatic rings. The largest absolute Gasteiger partial charge is 0.323 e. The van der Waals surface area contributed by atoms with Gasteiger partial charge in [0.2, 0.25) is 5.91 Å². The van der Waals surface area contributed by atoms with Crippen molar-refractivity contribution in [2.45, 2.75) is 25.7 Å². The van der Waals surface area contributed by atoms with Crippen LogP contribution in [0.2, 0.25) is 10.0 Å². The van der Waals surface area contributed by atoms with Gasteiger partial charge in [0.1, 0.15) is 0 Å². The summed E-state index contributed by atoms with van der Waals surface area (Å²) in [6.45, 7) is 0. The normalized spacial score (nSPS) is 29.8. The molecule has 2 aliphatic carbocycles. The zero-order chi connectivity index (χ0) is 14.1. The molecule has 0 aromatic heterocycles. The molecule has 3 rings (SSSR count). The van der Waals surface area contributed by atoms with Gasteiger partial charge >= 0.3 is 0 Å². The average Bonchev–Trinajstić information content (AvgIpc) is 3.05. The van der Waals surface area contributed by atoms with E-state index in [-0.39, 0.29) is 11.8 Å². The summed E-state index contributed by atoms with van der Waals surface area (Å²) in [5.41, 5.74) is 0.532. The van der Waals surface area contributed by atoms with Crippen LogP contribution in [0, 0.1) is 17.8 Å². The van der Waals surface area contributed by atoms with Crippen LogP contribution >= 0.6 is 23.2 Å². The third-order valence-corrected chi connectivity index (χ3v) is 4.89. The Hall–Kier alpha value is -0.990. The van der Waals surface area contributed by atoms with Crippen molar-refractivity contribution in [1.29, 1.82) is 0 Å². The Morgan fingerprint density at radius 2 is 1.95 bits per heavy atom. The molecule has 1 N–H and O–H groups in total. The van der Waals surface area contributed by atoms with Crippen molar-refractivity contribution in [1.82, 2.24) is 0 Å². The fraction of sp³-hybridized carbons (Fsp3) is 0.438. The monoisotopic (exact) mass is 309 g/mol. The Morgan fingerprint density at radius 3 is 2.70 bits per heavy atom. The molecule has 1 aromatic carbocycles. The molecule has 0 saturated heterocycles. The van der Waals surface area contributed by atoms with Gasteiger partial charge in [0.25, 0.3) is 0 Å². The van der Waals surface area contributed by atoms with E-state index in [1.807, 2.05) is 0 Å². The highest BCUT2D eigenvalue weighted by Gasteiger charge is 2.52. The molecule has 0 aliphatic heterocycles. The van der Waals surface area contributed by atoms with Gasteiger partial charge in [0.15, 0.2) is 0 Å². The summed E-state index contributed by atoms with van der Waals surface area (Å²) in [5.74, 6) is 1.02. The number of carbonyl (C=O) groups excluding carboxylic acids is 1. The zero-order valence-corrected chi connectivity index (χ0v) is 12.6. The van der Waals surface area contributed by atoms with Gasteiger partial charge in [-0.3, -0.25) is 4.79 Å². The first kappa shape index (κ1) is 14.0. The predicted octanol–water partition coefficient (Wildman–Crippen LogP) is 4.92. The fourth-order valence-electron chi connectivity index (χ4n) is 3.12. The van der Waals surface area contributed by atoms with Crippen molar-refractivity contribution >= 4 is 34.8 Å². The van der Waals surface area contributed by atoms with Crippen molar-refractivity contribution in [3.8, 4) is 0 Å². The van der Waals surface area contributed by atoms with Crippen LogP contribution in [0.5, 0.6) is 0 Å². The number of rotatable bonds is 2. The molecule has 4 heteroatoms. The first-order valence-corrected chi connectivity index (χ1v) is 7.85. The van der Waals surface area contributed by atoms with E-state index < -0.39 is 0 Å². The zero-order valence-electron chi connectivity index (χ0n) is 11.1. The summed E-state index contributed by atoms with van der Waals surface area (Å²) in [6, 6.07) is 5.24. The molecule has 1 amide bonds. The molecule has 0 heterocycles. The van der Waals surface area contributed by atoms with Crippen molar-refractivity contribution in [2.24, 2.45) is 17.8 Å². The quantitative estimate of drug-likeness (QED) is 0.771. The van der Waals surface area contributed by atoms with Gasteiger partial charge < -0.3 is 5.32 Å². The van der Waals surface area contributed by atoms with E-state index >= 15 is 0 Å². The lowest BCUT2D eigenvalue weighted by molar-refractivity contribution is -0.117. The van der Waals surface area contributed by atoms with E-state index in [9.17, 15) is 4.79 Å². The molecule has 106 valence electrons. The Labute approximate surface area is 129 Å². The summed E-state index contributed by atoms with van der Waals surface area (Å²) < 4.78 is 0. The highest BCUT2D eigenvalue weighted by Crippen LogP contribution is 2.52. The van der Waals surface area contributed by atoms with E-state index in [1.54, 1.807) is 18.2 Å². The number of hydrogen-bond donors (Lipinski definition) is 1. The van der Waals surface area contributed by atoms with Gasteiger partial charge in [-0.05, 0) is 43.2 Å². The van der Waals surface area contributed by atoms with Crippen LogP contribution in [0.3, 0.4) is 0 Å². The van der Waals surface area contributed by atoms with Crippen LogP contribution in [0.25, 0.3) is 0 Å². The first-order chi connectivity index (χ1) is 9.68. The summed E-state index contributed by atoms with van der Waals surface area (Å²) in [7, 11) is 0. The van der Waals surface area contributed by atoms with Crippen LogP contribution in [0.15, 0.2) is 30.4 Å². The molecule has 0 bridgehead atoms. The SMILES string of the molecule is O=C(Nc1c(Cl)cccc1Cl)[C@@H]1[C@H]2/C=C\CCCC[C@H]21. The Kier molecular flexibility index (Phi) is 4.04. The first-order valence-electron chi connectivity index (χ1n) is 7.10. The van der Waals surface area contributed by atoms with Crippen molar-refractivity contribution < 1.29 is 4.79 Å². The number of amides is 1. The van der Waals surface area contributed by atoms with Gasteiger partial charge in [-0.15, -0.1) is 0 Å². The van der Waals surface area contributed by atoms with Gasteiger partial charge in [0.05, 0.1) is 15.7 Å². The smallest absolute Gasteiger partial charge is 0.228 e. The summed E-state index contributed by atoms with van der Waals surface area (Å²) >= 11 is 12.2. The van der Waals surface area contributed by atoms with Gasteiger partial charge in [0, 0.05) is 5.92 Å². The molecule has 1 fully saturated rings. The van der Waals surface area contributed by atoms with Crippen LogP contribution in [-0.2, 0) is 4.79 Å². The molecule has 20 heavy (non-hydrogen) atoms. The topological polar surface area (TPSA) is 29.1 Å². The van der Waals surface area contributed by atoms with Crippen LogP contribution < -0.4 is 5.32 Å². The number of carbonyl (C=O) groups is 1. The number of hydrogen-bond acceptors (Lipinski definition) is 1. The molecule has 0 radical (unpaired) electrons. The molecule has 3 atom stereocenters. The van der Waals surface area contributed by atoms with Gasteiger partial charge in [-0.2, -0.15) is 0 Å². The second-order valence-electron chi connectivity index (χ2n) is 5.57. The third kappa shape index (κ3) is 2.72. The van der Waals surface area contributed by atoms with Gasteiger partial charge in [-0.25, -0.2) is 0 Å². The molecule has 2 aliphatic rings. The van der Waals surface area contributed by atoms with E-state index in [2.05, 4.69) is 17.5 Å². The average molecular weight is 310 g/mol. The summed E-state index contributed by atoms with van der Waals surface area (Å²) in [4.78, 5) is 12.4. The maximum atomic E-state index is 12.4. The Balaban J connectivity index is 1.72. The number of allylic oxidation sites excluding steroid dienone is 2. The van der Waals surface area contributed by atoms with Crippen LogP contribution in [0.4, 0.5) is 5.69 Å². The van der Waals surface area contributed by atoms with Crippen molar-refractivity contribution in [3.05, 3.63) is 40.4 Å². The lowest BCUT2D eigenvalue weighted by Crippen LogP contribution is -2.16. The lowest BCUT2D eigenvalue weighted by atomic mass is 10.1. The molecule has 0 spiro atoms. The second kappa shape index (κ2) is 5.79. The minimum Gasteiger partial charge on any atom is -0.323 e. The molecular weight excluding hydrogens is 293 g/mol. The van der Waals surface area contributed by atoms with E-state index in [1.165, 1.54) is 12.8 Å². The van der Waals surface area contributed by atoms with Crippen molar-refractivity contribution in [3.63, 3.8) is 0 Å². The number of fused-ring (bicyclic) bond motifs is 1. The lowest BCUT2D eigenvalue weighted by Gasteiger charge is -2.08. The number of nitrogens with one attached hydrogen (secondary N) is 1. The molecule has 0 unspecified atom stereocenters. The second-order valence-corrected chi connectivity index (χ2v) is 6.38. The van der Waals surface area contributed by atoms with E-state index in [0.29, 0.717) is 27.6 Å². The van der Waals surface area contributed by atoms with Crippen LogP contribution in [0.1, 0.15) is 25.7 Å². The predicted molar refractivity (Wildman–Crippen MR) is 83.2 cm³/mol. The Morgan fingerprint density at radius 1 is 1.20 bits per heavy atom. The summed E-state index contributed by atoms with van der Waals surface area (Å²) in [6.07, 6.45) is 9.14. The highest BCUT2D eigenvalue weighted by atomic mass is 35.5. The molecule has 1 saturated carbocycles. The number of benzene rings is 1. The Bertz CT molecular complexity index is 535. The number of para-hydroxylation sites is 1.